The maximum absolute atomic E-state index is 11.3. The summed E-state index contributed by atoms with van der Waals surface area (Å²) in [4.78, 5) is 11.3. The average molecular weight is 302 g/mol. The lowest BCUT2D eigenvalue weighted by molar-refractivity contribution is 0.00578. The fraction of sp³-hybridized carbons (Fsp3) is 0.438. The first-order valence-corrected chi connectivity index (χ1v) is 7.24. The van der Waals surface area contributed by atoms with Gasteiger partial charge in [-0.15, -0.1) is 0 Å². The minimum atomic E-state index is -0.986. The Morgan fingerprint density at radius 2 is 1.73 bits per heavy atom. The van der Waals surface area contributed by atoms with Gasteiger partial charge in [0.15, 0.2) is 0 Å². The van der Waals surface area contributed by atoms with Crippen LogP contribution in [-0.2, 0) is 9.31 Å². The van der Waals surface area contributed by atoms with E-state index in [1.165, 1.54) is 0 Å². The molecule has 5 nitrogen and oxygen atoms in total. The lowest BCUT2D eigenvalue weighted by Gasteiger charge is -2.32. The number of benzene rings is 1. The van der Waals surface area contributed by atoms with Crippen molar-refractivity contribution in [2.24, 2.45) is 0 Å². The Kier molecular flexibility index (Phi) is 3.16. The molecule has 0 amide bonds. The highest BCUT2D eigenvalue weighted by atomic mass is 16.7. The molecule has 0 atom stereocenters. The molecule has 116 valence electrons. The van der Waals surface area contributed by atoms with E-state index < -0.39 is 24.3 Å². The number of rotatable bonds is 2. The van der Waals surface area contributed by atoms with Crippen LogP contribution in [-0.4, -0.2) is 29.4 Å². The summed E-state index contributed by atoms with van der Waals surface area (Å²) < 4.78 is 17.6. The first-order valence-electron chi connectivity index (χ1n) is 7.24. The predicted octanol–water partition coefficient (Wildman–Crippen LogP) is 2.74. The molecule has 22 heavy (non-hydrogen) atoms. The Bertz CT molecular complexity index is 743. The standard InChI is InChI=1S/C16H19BO5/c1-9-13(14(18)19)11-7-6-10(8-12(11)20-9)17-21-15(2,3)16(4,5)22-17/h6-8H,1-5H3,(H,18,19). The van der Waals surface area contributed by atoms with Crippen LogP contribution in [0.25, 0.3) is 11.0 Å². The Balaban J connectivity index is 2.03. The molecule has 0 unspecified atom stereocenters. The number of hydrogen-bond donors (Lipinski definition) is 1. The van der Waals surface area contributed by atoms with E-state index in [2.05, 4.69) is 0 Å². The Morgan fingerprint density at radius 1 is 1.14 bits per heavy atom. The molecule has 0 bridgehead atoms. The molecule has 1 aliphatic rings. The summed E-state index contributed by atoms with van der Waals surface area (Å²) in [5.41, 5.74) is 0.713. The number of fused-ring (bicyclic) bond motifs is 1. The zero-order valence-corrected chi connectivity index (χ0v) is 13.4. The fourth-order valence-electron chi connectivity index (χ4n) is 2.63. The first kappa shape index (κ1) is 15.1. The van der Waals surface area contributed by atoms with Crippen LogP contribution in [0.4, 0.5) is 0 Å². The quantitative estimate of drug-likeness (QED) is 0.864. The first-order chi connectivity index (χ1) is 10.1. The number of carboxylic acids is 1. The van der Waals surface area contributed by atoms with Crippen molar-refractivity contribution in [3.8, 4) is 0 Å². The third-order valence-corrected chi connectivity index (χ3v) is 4.63. The zero-order valence-electron chi connectivity index (χ0n) is 13.4. The minimum absolute atomic E-state index is 0.204. The Morgan fingerprint density at radius 3 is 2.27 bits per heavy atom. The Hall–Kier alpha value is -1.79. The van der Waals surface area contributed by atoms with Gasteiger partial charge in [-0.3, -0.25) is 0 Å². The van der Waals surface area contributed by atoms with Crippen molar-refractivity contribution < 1.29 is 23.6 Å². The summed E-state index contributed by atoms with van der Waals surface area (Å²) in [6, 6.07) is 5.36. The predicted molar refractivity (Wildman–Crippen MR) is 83.6 cm³/mol. The van der Waals surface area contributed by atoms with E-state index in [1.54, 1.807) is 19.1 Å². The maximum atomic E-state index is 11.3. The van der Waals surface area contributed by atoms with Crippen LogP contribution in [0.2, 0.25) is 0 Å². The van der Waals surface area contributed by atoms with Crippen molar-refractivity contribution in [2.45, 2.75) is 45.8 Å². The van der Waals surface area contributed by atoms with Gasteiger partial charge in [-0.25, -0.2) is 4.79 Å². The topological polar surface area (TPSA) is 68.9 Å². The molecule has 1 fully saturated rings. The maximum Gasteiger partial charge on any atom is 0.494 e. The molecule has 2 heterocycles. The minimum Gasteiger partial charge on any atom is -0.478 e. The van der Waals surface area contributed by atoms with Gasteiger partial charge >= 0.3 is 13.1 Å². The molecular weight excluding hydrogens is 283 g/mol. The molecule has 3 rings (SSSR count). The number of aromatic carboxylic acids is 1. The van der Waals surface area contributed by atoms with E-state index in [1.807, 2.05) is 33.8 Å². The molecule has 6 heteroatoms. The highest BCUT2D eigenvalue weighted by Gasteiger charge is 2.51. The highest BCUT2D eigenvalue weighted by molar-refractivity contribution is 6.62. The summed E-state index contributed by atoms with van der Waals surface area (Å²) >= 11 is 0. The van der Waals surface area contributed by atoms with Gasteiger partial charge in [0.05, 0.1) is 11.2 Å². The number of carbonyl (C=O) groups is 1. The number of hydrogen-bond acceptors (Lipinski definition) is 4. The summed E-state index contributed by atoms with van der Waals surface area (Å²) in [5.74, 6) is -0.590. The van der Waals surface area contributed by atoms with Crippen LogP contribution in [0.15, 0.2) is 22.6 Å². The molecule has 0 spiro atoms. The zero-order chi connectivity index (χ0) is 16.3. The summed E-state index contributed by atoms with van der Waals surface area (Å²) in [6.07, 6.45) is 0. The largest absolute Gasteiger partial charge is 0.494 e. The van der Waals surface area contributed by atoms with Gasteiger partial charge in [-0.05, 0) is 46.1 Å². The third kappa shape index (κ3) is 2.14. The molecular formula is C16H19BO5. The average Bonchev–Trinajstić information content (AvgIpc) is 2.81. The van der Waals surface area contributed by atoms with Gasteiger partial charge in [-0.1, -0.05) is 12.1 Å². The second-order valence-corrected chi connectivity index (χ2v) is 6.68. The molecule has 1 N–H and O–H groups in total. The van der Waals surface area contributed by atoms with Crippen LogP contribution >= 0.6 is 0 Å². The Labute approximate surface area is 129 Å². The molecule has 1 saturated heterocycles. The van der Waals surface area contributed by atoms with Crippen molar-refractivity contribution in [1.29, 1.82) is 0 Å². The normalized spacial score (nSPS) is 19.8. The molecule has 0 radical (unpaired) electrons. The highest BCUT2D eigenvalue weighted by Crippen LogP contribution is 2.36. The lowest BCUT2D eigenvalue weighted by atomic mass is 9.79. The second kappa shape index (κ2) is 4.60. The van der Waals surface area contributed by atoms with Crippen LogP contribution in [0.1, 0.15) is 43.8 Å². The summed E-state index contributed by atoms with van der Waals surface area (Å²) in [5, 5.41) is 9.85. The van der Waals surface area contributed by atoms with Crippen molar-refractivity contribution in [1.82, 2.24) is 0 Å². The van der Waals surface area contributed by atoms with E-state index >= 15 is 0 Å². The number of furan rings is 1. The van der Waals surface area contributed by atoms with Crippen LogP contribution in [0.5, 0.6) is 0 Å². The van der Waals surface area contributed by atoms with Crippen molar-refractivity contribution in [3.05, 3.63) is 29.5 Å². The van der Waals surface area contributed by atoms with E-state index in [-0.39, 0.29) is 5.56 Å². The third-order valence-electron chi connectivity index (χ3n) is 4.63. The van der Waals surface area contributed by atoms with E-state index in [0.29, 0.717) is 16.7 Å². The van der Waals surface area contributed by atoms with Gasteiger partial charge in [0.2, 0.25) is 0 Å². The van der Waals surface area contributed by atoms with E-state index in [0.717, 1.165) is 5.46 Å². The molecule has 0 aliphatic carbocycles. The van der Waals surface area contributed by atoms with Gasteiger partial charge in [0.25, 0.3) is 0 Å². The second-order valence-electron chi connectivity index (χ2n) is 6.68. The summed E-state index contributed by atoms with van der Waals surface area (Å²) in [7, 11) is -0.493. The van der Waals surface area contributed by atoms with E-state index in [9.17, 15) is 9.90 Å². The number of carboxylic acid groups (broad SMARTS) is 1. The van der Waals surface area contributed by atoms with Gasteiger partial charge < -0.3 is 18.8 Å². The molecule has 1 aromatic carbocycles. The van der Waals surface area contributed by atoms with Crippen LogP contribution < -0.4 is 5.46 Å². The molecule has 1 aromatic heterocycles. The van der Waals surface area contributed by atoms with Crippen LogP contribution in [0.3, 0.4) is 0 Å². The molecule has 0 saturated carbocycles. The van der Waals surface area contributed by atoms with Crippen molar-refractivity contribution in [3.63, 3.8) is 0 Å². The summed E-state index contributed by atoms with van der Waals surface area (Å²) in [6.45, 7) is 9.62. The molecule has 1 aliphatic heterocycles. The SMILES string of the molecule is Cc1oc2cc(B3OC(C)(C)C(C)(C)O3)ccc2c1C(=O)O. The van der Waals surface area contributed by atoms with Gasteiger partial charge in [-0.2, -0.15) is 0 Å². The lowest BCUT2D eigenvalue weighted by Crippen LogP contribution is -2.41. The fourth-order valence-corrected chi connectivity index (χ4v) is 2.63. The number of aryl methyl sites for hydroxylation is 1. The van der Waals surface area contributed by atoms with Gasteiger partial charge in [0, 0.05) is 5.39 Å². The monoisotopic (exact) mass is 302 g/mol. The smallest absolute Gasteiger partial charge is 0.478 e. The van der Waals surface area contributed by atoms with Gasteiger partial charge in [0.1, 0.15) is 16.9 Å². The van der Waals surface area contributed by atoms with Crippen molar-refractivity contribution in [2.75, 3.05) is 0 Å². The van der Waals surface area contributed by atoms with E-state index in [4.69, 9.17) is 13.7 Å². The van der Waals surface area contributed by atoms with Crippen LogP contribution in [0, 0.1) is 6.92 Å². The molecule has 2 aromatic rings. The van der Waals surface area contributed by atoms with Crippen molar-refractivity contribution >= 4 is 29.5 Å².